The van der Waals surface area contributed by atoms with Crippen LogP contribution in [0.1, 0.15) is 72.1 Å². The van der Waals surface area contributed by atoms with Crippen LogP contribution in [0.2, 0.25) is 0 Å². The molecular weight excluding hydrogens is 386 g/mol. The summed E-state index contributed by atoms with van der Waals surface area (Å²) in [6, 6.07) is 18.8. The average molecular weight is 414 g/mol. The highest BCUT2D eigenvalue weighted by atomic mass is 16.6. The second kappa shape index (κ2) is 8.10. The zero-order chi connectivity index (χ0) is 22.2. The number of benzene rings is 3. The van der Waals surface area contributed by atoms with E-state index in [1.54, 1.807) is 12.1 Å². The molecule has 158 valence electrons. The maximum absolute atomic E-state index is 13.3. The van der Waals surface area contributed by atoms with Crippen molar-refractivity contribution in [3.8, 4) is 11.1 Å². The molecular formula is C27H27NO3. The van der Waals surface area contributed by atoms with Gasteiger partial charge in [0.25, 0.3) is 5.69 Å². The van der Waals surface area contributed by atoms with Gasteiger partial charge >= 0.3 is 0 Å². The molecule has 3 aromatic carbocycles. The van der Waals surface area contributed by atoms with Crippen LogP contribution < -0.4 is 0 Å². The summed E-state index contributed by atoms with van der Waals surface area (Å²) in [5.41, 5.74) is 6.47. The number of fused-ring (bicyclic) bond motifs is 3. The van der Waals surface area contributed by atoms with Gasteiger partial charge in [-0.2, -0.15) is 0 Å². The zero-order valence-electron chi connectivity index (χ0n) is 18.3. The molecule has 0 bridgehead atoms. The predicted molar refractivity (Wildman–Crippen MR) is 124 cm³/mol. The molecule has 0 atom stereocenters. The van der Waals surface area contributed by atoms with Crippen molar-refractivity contribution in [2.45, 2.75) is 51.9 Å². The van der Waals surface area contributed by atoms with Gasteiger partial charge in [-0.1, -0.05) is 63.1 Å². The topological polar surface area (TPSA) is 60.2 Å². The van der Waals surface area contributed by atoms with Gasteiger partial charge in [0.1, 0.15) is 0 Å². The van der Waals surface area contributed by atoms with Crippen LogP contribution in [0.15, 0.2) is 60.7 Å². The van der Waals surface area contributed by atoms with Crippen LogP contribution in [0.5, 0.6) is 0 Å². The number of aryl methyl sites for hydroxylation is 1. The Hall–Kier alpha value is -3.27. The van der Waals surface area contributed by atoms with Crippen molar-refractivity contribution < 1.29 is 9.72 Å². The summed E-state index contributed by atoms with van der Waals surface area (Å²) in [5.74, 6) is 0.0183. The fourth-order valence-corrected chi connectivity index (χ4v) is 5.24. The molecule has 0 unspecified atom stereocenters. The van der Waals surface area contributed by atoms with Crippen LogP contribution in [-0.4, -0.2) is 10.7 Å². The average Bonchev–Trinajstić information content (AvgIpc) is 3.03. The maximum atomic E-state index is 13.3. The van der Waals surface area contributed by atoms with Crippen molar-refractivity contribution in [2.75, 3.05) is 0 Å². The molecule has 0 amide bonds. The molecule has 0 saturated carbocycles. The van der Waals surface area contributed by atoms with E-state index in [0.717, 1.165) is 53.5 Å². The van der Waals surface area contributed by atoms with Crippen LogP contribution in [-0.2, 0) is 5.41 Å². The minimum atomic E-state index is -0.320. The number of nitro groups is 1. The summed E-state index contributed by atoms with van der Waals surface area (Å²) >= 11 is 0. The first-order valence-corrected chi connectivity index (χ1v) is 11.0. The molecule has 3 aromatic rings. The van der Waals surface area contributed by atoms with E-state index < -0.39 is 0 Å². The van der Waals surface area contributed by atoms with Crippen molar-refractivity contribution in [3.05, 3.63) is 98.6 Å². The number of ketones is 1. The smallest absolute Gasteiger partial charge is 0.269 e. The second-order valence-electron chi connectivity index (χ2n) is 8.47. The summed E-state index contributed by atoms with van der Waals surface area (Å²) in [6.45, 7) is 6.25. The third-order valence-electron chi connectivity index (χ3n) is 6.56. The van der Waals surface area contributed by atoms with Gasteiger partial charge in [-0.15, -0.1) is 0 Å². The van der Waals surface area contributed by atoms with Gasteiger partial charge in [0.15, 0.2) is 5.78 Å². The molecule has 0 N–H and O–H groups in total. The minimum Gasteiger partial charge on any atom is -0.289 e. The lowest BCUT2D eigenvalue weighted by atomic mass is 9.71. The normalized spacial score (nSPS) is 13.5. The number of hydrogen-bond acceptors (Lipinski definition) is 3. The van der Waals surface area contributed by atoms with E-state index in [-0.39, 0.29) is 21.8 Å². The molecule has 0 saturated heterocycles. The third-order valence-corrected chi connectivity index (χ3v) is 6.56. The van der Waals surface area contributed by atoms with Crippen molar-refractivity contribution in [2.24, 2.45) is 0 Å². The number of hydrogen-bond donors (Lipinski definition) is 0. The van der Waals surface area contributed by atoms with E-state index in [1.807, 2.05) is 55.5 Å². The first kappa shape index (κ1) is 21.0. The largest absolute Gasteiger partial charge is 0.289 e. The molecule has 1 aliphatic rings. The maximum Gasteiger partial charge on any atom is 0.269 e. The molecule has 4 heteroatoms. The van der Waals surface area contributed by atoms with Gasteiger partial charge in [0, 0.05) is 28.7 Å². The number of non-ortho nitro benzene ring substituents is 1. The fraction of sp³-hybridized carbons (Fsp3) is 0.296. The Morgan fingerprint density at radius 1 is 0.903 bits per heavy atom. The second-order valence-corrected chi connectivity index (χ2v) is 8.47. The minimum absolute atomic E-state index is 0.0183. The van der Waals surface area contributed by atoms with Crippen molar-refractivity contribution in [3.63, 3.8) is 0 Å². The monoisotopic (exact) mass is 413 g/mol. The van der Waals surface area contributed by atoms with E-state index in [0.29, 0.717) is 11.1 Å². The Balaban J connectivity index is 1.92. The van der Waals surface area contributed by atoms with E-state index in [1.165, 1.54) is 0 Å². The van der Waals surface area contributed by atoms with Gasteiger partial charge in [-0.3, -0.25) is 14.9 Å². The molecule has 1 aliphatic carbocycles. The summed E-state index contributed by atoms with van der Waals surface area (Å²) in [5, 5.41) is 11.5. The van der Waals surface area contributed by atoms with E-state index in [4.69, 9.17) is 0 Å². The molecule has 4 nitrogen and oxygen atoms in total. The summed E-state index contributed by atoms with van der Waals surface area (Å²) < 4.78 is 0. The summed E-state index contributed by atoms with van der Waals surface area (Å²) in [4.78, 5) is 24.5. The first-order valence-electron chi connectivity index (χ1n) is 11.0. The molecule has 0 fully saturated rings. The zero-order valence-corrected chi connectivity index (χ0v) is 18.3. The van der Waals surface area contributed by atoms with Crippen LogP contribution in [0.3, 0.4) is 0 Å². The molecule has 31 heavy (non-hydrogen) atoms. The van der Waals surface area contributed by atoms with Gasteiger partial charge in [-0.05, 0) is 59.7 Å². The number of rotatable bonds is 7. The Morgan fingerprint density at radius 3 is 2.13 bits per heavy atom. The van der Waals surface area contributed by atoms with Crippen LogP contribution >= 0.6 is 0 Å². The molecule has 0 radical (unpaired) electrons. The predicted octanol–water partition coefficient (Wildman–Crippen LogP) is 7.00. The van der Waals surface area contributed by atoms with Gasteiger partial charge in [-0.25, -0.2) is 0 Å². The quantitative estimate of drug-likeness (QED) is 0.238. The Bertz CT molecular complexity index is 1170. The van der Waals surface area contributed by atoms with Gasteiger partial charge < -0.3 is 0 Å². The Kier molecular flexibility index (Phi) is 5.48. The molecule has 0 aliphatic heterocycles. The van der Waals surface area contributed by atoms with E-state index in [9.17, 15) is 14.9 Å². The van der Waals surface area contributed by atoms with Gasteiger partial charge in [0.2, 0.25) is 0 Å². The van der Waals surface area contributed by atoms with Gasteiger partial charge in [0.05, 0.1) is 4.92 Å². The molecule has 0 aromatic heterocycles. The highest BCUT2D eigenvalue weighted by molar-refractivity contribution is 6.10. The number of carbonyl (C=O) groups is 1. The number of nitrogens with zero attached hydrogens (tertiary/aromatic N) is 1. The Labute approximate surface area is 183 Å². The molecule has 4 rings (SSSR count). The lowest BCUT2D eigenvalue weighted by molar-refractivity contribution is -0.384. The lowest BCUT2D eigenvalue weighted by Gasteiger charge is -2.32. The SMILES string of the molecule is CCCC1(CCC)c2cc(C(=O)c3ccccc3C)ccc2-c2ccc([N+](=O)[O-])cc21. The highest BCUT2D eigenvalue weighted by Crippen LogP contribution is 2.54. The molecule has 0 spiro atoms. The first-order chi connectivity index (χ1) is 14.9. The van der Waals surface area contributed by atoms with Crippen LogP contribution in [0.4, 0.5) is 5.69 Å². The highest BCUT2D eigenvalue weighted by Gasteiger charge is 2.43. The van der Waals surface area contributed by atoms with Crippen molar-refractivity contribution >= 4 is 11.5 Å². The summed E-state index contributed by atoms with van der Waals surface area (Å²) in [7, 11) is 0. The Morgan fingerprint density at radius 2 is 1.52 bits per heavy atom. The van der Waals surface area contributed by atoms with Crippen LogP contribution in [0, 0.1) is 17.0 Å². The lowest BCUT2D eigenvalue weighted by Crippen LogP contribution is -2.25. The fourth-order valence-electron chi connectivity index (χ4n) is 5.24. The number of nitro benzene ring substituents is 1. The summed E-state index contributed by atoms with van der Waals surface area (Å²) in [6.07, 6.45) is 3.70. The van der Waals surface area contributed by atoms with Crippen molar-refractivity contribution in [1.29, 1.82) is 0 Å². The third kappa shape index (κ3) is 3.36. The van der Waals surface area contributed by atoms with Crippen LogP contribution in [0.25, 0.3) is 11.1 Å². The number of carbonyl (C=O) groups excluding carboxylic acids is 1. The van der Waals surface area contributed by atoms with E-state index >= 15 is 0 Å². The standard InChI is InChI=1S/C27H27NO3/c1-4-14-27(15-5-2)24-16-19(26(29)21-9-7-6-8-18(21)3)10-12-22(24)23-13-11-20(28(30)31)17-25(23)27/h6-13,16-17H,4-5,14-15H2,1-3H3. The van der Waals surface area contributed by atoms with Crippen molar-refractivity contribution in [1.82, 2.24) is 0 Å². The molecule has 0 heterocycles. The van der Waals surface area contributed by atoms with E-state index in [2.05, 4.69) is 13.8 Å².